The van der Waals surface area contributed by atoms with Crippen LogP contribution in [-0.4, -0.2) is 81.8 Å². The highest BCUT2D eigenvalue weighted by Gasteiger charge is 2.21. The van der Waals surface area contributed by atoms with Crippen molar-refractivity contribution in [3.05, 3.63) is 54.1 Å². The second-order valence-corrected chi connectivity index (χ2v) is 8.07. The Balaban J connectivity index is 1.22. The molecule has 0 aliphatic carbocycles. The molecule has 0 unspecified atom stereocenters. The van der Waals surface area contributed by atoms with E-state index in [0.717, 1.165) is 76.2 Å². The second-order valence-electron chi connectivity index (χ2n) is 8.07. The molecular formula is C24H32N4O3. The Labute approximate surface area is 184 Å². The molecule has 0 aromatic heterocycles. The number of benzene rings is 2. The van der Waals surface area contributed by atoms with Crippen LogP contribution >= 0.6 is 0 Å². The number of hydrogen-bond donors (Lipinski definition) is 1. The third kappa shape index (κ3) is 5.97. The Morgan fingerprint density at radius 1 is 0.935 bits per heavy atom. The van der Waals surface area contributed by atoms with Gasteiger partial charge in [-0.1, -0.05) is 24.3 Å². The molecule has 31 heavy (non-hydrogen) atoms. The van der Waals surface area contributed by atoms with Crippen LogP contribution < -0.4 is 15.0 Å². The lowest BCUT2D eigenvalue weighted by atomic mass is 10.2. The number of anilines is 2. The quantitative estimate of drug-likeness (QED) is 0.736. The number of piperazine rings is 1. The number of carbonyl (C=O) groups is 1. The largest absolute Gasteiger partial charge is 0.495 e. The highest BCUT2D eigenvalue weighted by atomic mass is 16.5. The molecule has 7 heteroatoms. The Morgan fingerprint density at radius 3 is 2.35 bits per heavy atom. The minimum absolute atomic E-state index is 0.0340. The monoisotopic (exact) mass is 424 g/mol. The fourth-order valence-corrected chi connectivity index (χ4v) is 4.15. The smallest absolute Gasteiger partial charge is 0.238 e. The van der Waals surface area contributed by atoms with Crippen molar-refractivity contribution in [3.8, 4) is 5.75 Å². The molecule has 2 aliphatic heterocycles. The van der Waals surface area contributed by atoms with Crippen molar-refractivity contribution in [2.24, 2.45) is 0 Å². The summed E-state index contributed by atoms with van der Waals surface area (Å²) in [6.45, 7) is 8.36. The van der Waals surface area contributed by atoms with E-state index < -0.39 is 0 Å². The number of rotatable bonds is 7. The van der Waals surface area contributed by atoms with Gasteiger partial charge in [-0.2, -0.15) is 0 Å². The first-order valence-corrected chi connectivity index (χ1v) is 11.0. The normalized spacial score (nSPS) is 18.0. The molecule has 2 saturated heterocycles. The van der Waals surface area contributed by atoms with E-state index in [-0.39, 0.29) is 5.91 Å². The number of amides is 1. The summed E-state index contributed by atoms with van der Waals surface area (Å²) in [4.78, 5) is 19.4. The minimum Gasteiger partial charge on any atom is -0.495 e. The summed E-state index contributed by atoms with van der Waals surface area (Å²) in [7, 11) is 1.70. The zero-order chi connectivity index (χ0) is 21.5. The Kier molecular flexibility index (Phi) is 7.40. The first-order valence-electron chi connectivity index (χ1n) is 11.0. The predicted molar refractivity (Wildman–Crippen MR) is 123 cm³/mol. The average molecular weight is 425 g/mol. The molecule has 2 aromatic rings. The van der Waals surface area contributed by atoms with Gasteiger partial charge in [-0.05, 0) is 29.8 Å². The lowest BCUT2D eigenvalue weighted by molar-refractivity contribution is -0.117. The van der Waals surface area contributed by atoms with Crippen molar-refractivity contribution in [2.45, 2.75) is 6.54 Å². The Bertz CT molecular complexity index is 844. The van der Waals surface area contributed by atoms with Crippen molar-refractivity contribution in [2.75, 3.05) is 76.4 Å². The van der Waals surface area contributed by atoms with Crippen LogP contribution in [-0.2, 0) is 16.1 Å². The summed E-state index contributed by atoms with van der Waals surface area (Å²) in [5.41, 5.74) is 3.22. The Morgan fingerprint density at radius 2 is 1.65 bits per heavy atom. The number of morpholine rings is 1. The zero-order valence-electron chi connectivity index (χ0n) is 18.3. The molecule has 1 N–H and O–H groups in total. The molecule has 0 atom stereocenters. The van der Waals surface area contributed by atoms with Crippen LogP contribution in [0.2, 0.25) is 0 Å². The van der Waals surface area contributed by atoms with Gasteiger partial charge in [-0.25, -0.2) is 0 Å². The van der Waals surface area contributed by atoms with Crippen LogP contribution in [0.1, 0.15) is 5.56 Å². The Hall–Kier alpha value is -2.61. The lowest BCUT2D eigenvalue weighted by Crippen LogP contribution is -2.48. The molecule has 2 fully saturated rings. The average Bonchev–Trinajstić information content (AvgIpc) is 2.81. The number of methoxy groups -OCH3 is 1. The second kappa shape index (κ2) is 10.6. The zero-order valence-corrected chi connectivity index (χ0v) is 18.3. The third-order valence-electron chi connectivity index (χ3n) is 5.91. The van der Waals surface area contributed by atoms with E-state index in [4.69, 9.17) is 9.47 Å². The molecule has 0 bridgehead atoms. The molecule has 2 aliphatic rings. The highest BCUT2D eigenvalue weighted by molar-refractivity contribution is 5.92. The molecule has 0 saturated carbocycles. The molecule has 1 amide bonds. The van der Waals surface area contributed by atoms with Gasteiger partial charge >= 0.3 is 0 Å². The third-order valence-corrected chi connectivity index (χ3v) is 5.91. The van der Waals surface area contributed by atoms with E-state index in [1.165, 1.54) is 5.56 Å². The van der Waals surface area contributed by atoms with E-state index in [2.05, 4.69) is 38.2 Å². The van der Waals surface area contributed by atoms with Crippen molar-refractivity contribution < 1.29 is 14.3 Å². The van der Waals surface area contributed by atoms with Crippen LogP contribution in [0.3, 0.4) is 0 Å². The van der Waals surface area contributed by atoms with Crippen molar-refractivity contribution in [1.82, 2.24) is 9.80 Å². The van der Waals surface area contributed by atoms with Crippen molar-refractivity contribution >= 4 is 17.3 Å². The number of para-hydroxylation sites is 2. The summed E-state index contributed by atoms with van der Waals surface area (Å²) in [6.07, 6.45) is 0. The maximum absolute atomic E-state index is 12.5. The molecule has 166 valence electrons. The SMILES string of the molecule is COc1ccccc1N1CCN(CC(=O)Nc2ccc(CN3CCOCC3)cc2)CC1. The first-order chi connectivity index (χ1) is 15.2. The lowest BCUT2D eigenvalue weighted by Gasteiger charge is -2.36. The van der Waals surface area contributed by atoms with Crippen molar-refractivity contribution in [3.63, 3.8) is 0 Å². The van der Waals surface area contributed by atoms with Crippen molar-refractivity contribution in [1.29, 1.82) is 0 Å². The molecule has 4 rings (SSSR count). The van der Waals surface area contributed by atoms with Gasteiger partial charge in [0.05, 0.1) is 32.6 Å². The number of ether oxygens (including phenoxy) is 2. The maximum Gasteiger partial charge on any atom is 0.238 e. The number of nitrogens with zero attached hydrogens (tertiary/aromatic N) is 3. The molecular weight excluding hydrogens is 392 g/mol. The summed E-state index contributed by atoms with van der Waals surface area (Å²) < 4.78 is 10.9. The minimum atomic E-state index is 0.0340. The van der Waals surface area contributed by atoms with Gasteiger partial charge in [0.1, 0.15) is 5.75 Å². The van der Waals surface area contributed by atoms with Crippen LogP contribution in [0.15, 0.2) is 48.5 Å². The van der Waals surface area contributed by atoms with Gasteiger partial charge < -0.3 is 19.7 Å². The molecule has 0 radical (unpaired) electrons. The van der Waals surface area contributed by atoms with Gasteiger partial charge in [0.25, 0.3) is 0 Å². The summed E-state index contributed by atoms with van der Waals surface area (Å²) >= 11 is 0. The molecule has 2 heterocycles. The van der Waals surface area contributed by atoms with E-state index in [9.17, 15) is 4.79 Å². The van der Waals surface area contributed by atoms with Gasteiger partial charge in [0.2, 0.25) is 5.91 Å². The fraction of sp³-hybridized carbons (Fsp3) is 0.458. The number of carbonyl (C=O) groups excluding carboxylic acids is 1. The van der Waals surface area contributed by atoms with Gasteiger partial charge in [-0.15, -0.1) is 0 Å². The molecule has 7 nitrogen and oxygen atoms in total. The van der Waals surface area contributed by atoms with Crippen LogP contribution in [0.25, 0.3) is 0 Å². The van der Waals surface area contributed by atoms with Gasteiger partial charge in [0.15, 0.2) is 0 Å². The highest BCUT2D eigenvalue weighted by Crippen LogP contribution is 2.28. The summed E-state index contributed by atoms with van der Waals surface area (Å²) in [5, 5.41) is 3.03. The van der Waals surface area contributed by atoms with E-state index in [1.807, 2.05) is 30.3 Å². The van der Waals surface area contributed by atoms with Gasteiger partial charge in [-0.3, -0.25) is 14.6 Å². The topological polar surface area (TPSA) is 57.3 Å². The first kappa shape index (κ1) is 21.6. The standard InChI is InChI=1S/C24H32N4O3/c1-30-23-5-3-2-4-22(23)28-12-10-26(11-13-28)19-24(29)25-21-8-6-20(7-9-21)18-27-14-16-31-17-15-27/h2-9H,10-19H2,1H3,(H,25,29). The summed E-state index contributed by atoms with van der Waals surface area (Å²) in [5.74, 6) is 0.928. The van der Waals surface area contributed by atoms with E-state index in [0.29, 0.717) is 6.54 Å². The van der Waals surface area contributed by atoms with Gasteiger partial charge in [0, 0.05) is 51.5 Å². The van der Waals surface area contributed by atoms with Crippen LogP contribution in [0.4, 0.5) is 11.4 Å². The summed E-state index contributed by atoms with van der Waals surface area (Å²) in [6, 6.07) is 16.3. The van der Waals surface area contributed by atoms with Crippen LogP contribution in [0, 0.1) is 0 Å². The molecule has 2 aromatic carbocycles. The molecule has 0 spiro atoms. The fourth-order valence-electron chi connectivity index (χ4n) is 4.15. The number of nitrogens with one attached hydrogen (secondary N) is 1. The van der Waals surface area contributed by atoms with E-state index >= 15 is 0 Å². The van der Waals surface area contributed by atoms with Crippen LogP contribution in [0.5, 0.6) is 5.75 Å². The predicted octanol–water partition coefficient (Wildman–Crippen LogP) is 2.29. The number of hydrogen-bond acceptors (Lipinski definition) is 6. The maximum atomic E-state index is 12.5. The van der Waals surface area contributed by atoms with E-state index in [1.54, 1.807) is 7.11 Å².